The maximum Gasteiger partial charge on any atom is 0.310 e. The van der Waals surface area contributed by atoms with Crippen molar-refractivity contribution >= 4 is 11.8 Å². The van der Waals surface area contributed by atoms with Crippen LogP contribution in [0.3, 0.4) is 0 Å². The number of ketones is 1. The average Bonchev–Trinajstić information content (AvgIpc) is 2.67. The zero-order valence-corrected chi connectivity index (χ0v) is 10.3. The molecular formula is C13H14O5. The normalized spacial score (nSPS) is 17.0. The maximum atomic E-state index is 12.0. The number of hydrogen-bond acceptors (Lipinski definition) is 5. The summed E-state index contributed by atoms with van der Waals surface area (Å²) in [6, 6.07) is 5.08. The molecule has 0 radical (unpaired) electrons. The third-order valence-electron chi connectivity index (χ3n) is 2.67. The fourth-order valence-electron chi connectivity index (χ4n) is 1.87. The fraction of sp³-hybridized carbons (Fsp3) is 0.385. The summed E-state index contributed by atoms with van der Waals surface area (Å²) in [5.41, 5.74) is 0.448. The first kappa shape index (κ1) is 12.4. The van der Waals surface area contributed by atoms with Gasteiger partial charge in [0.15, 0.2) is 17.6 Å². The standard InChI is InChI=1S/C13H14O5/c1-3-17-11(14)7-10-12(15)8-5-4-6-9(16-2)13(8)18-10/h4-6,10H,3,7H2,1-2H3. The number of esters is 1. The van der Waals surface area contributed by atoms with E-state index in [-0.39, 0.29) is 18.8 Å². The van der Waals surface area contributed by atoms with Gasteiger partial charge in [0.1, 0.15) is 0 Å². The van der Waals surface area contributed by atoms with E-state index in [9.17, 15) is 9.59 Å². The molecule has 1 aliphatic rings. The zero-order chi connectivity index (χ0) is 13.1. The van der Waals surface area contributed by atoms with Crippen LogP contribution in [0.2, 0.25) is 0 Å². The second-order valence-electron chi connectivity index (χ2n) is 3.82. The molecule has 0 amide bonds. The number of methoxy groups -OCH3 is 1. The molecule has 0 saturated carbocycles. The molecule has 0 saturated heterocycles. The van der Waals surface area contributed by atoms with Crippen molar-refractivity contribution < 1.29 is 23.8 Å². The smallest absolute Gasteiger partial charge is 0.310 e. The van der Waals surface area contributed by atoms with Gasteiger partial charge in [-0.2, -0.15) is 0 Å². The van der Waals surface area contributed by atoms with Crippen molar-refractivity contribution in [1.29, 1.82) is 0 Å². The molecule has 1 aromatic carbocycles. The van der Waals surface area contributed by atoms with Gasteiger partial charge in [-0.3, -0.25) is 9.59 Å². The summed E-state index contributed by atoms with van der Waals surface area (Å²) in [5, 5.41) is 0. The number of fused-ring (bicyclic) bond motifs is 1. The van der Waals surface area contributed by atoms with Gasteiger partial charge >= 0.3 is 5.97 Å². The van der Waals surface area contributed by atoms with Gasteiger partial charge in [0.05, 0.1) is 25.7 Å². The minimum Gasteiger partial charge on any atom is -0.493 e. The first-order valence-corrected chi connectivity index (χ1v) is 5.70. The Bertz CT molecular complexity index is 480. The van der Waals surface area contributed by atoms with Gasteiger partial charge in [-0.25, -0.2) is 0 Å². The van der Waals surface area contributed by atoms with Gasteiger partial charge in [0.2, 0.25) is 5.78 Å². The number of para-hydroxylation sites is 1. The van der Waals surface area contributed by atoms with E-state index in [1.807, 2.05) is 0 Å². The van der Waals surface area contributed by atoms with Gasteiger partial charge < -0.3 is 14.2 Å². The van der Waals surface area contributed by atoms with Crippen molar-refractivity contribution in [2.75, 3.05) is 13.7 Å². The SMILES string of the molecule is CCOC(=O)CC1Oc2c(OC)cccc2C1=O. The molecule has 96 valence electrons. The molecule has 1 unspecified atom stereocenters. The first-order chi connectivity index (χ1) is 8.67. The lowest BCUT2D eigenvalue weighted by Crippen LogP contribution is -2.25. The van der Waals surface area contributed by atoms with Crippen LogP contribution >= 0.6 is 0 Å². The van der Waals surface area contributed by atoms with E-state index in [4.69, 9.17) is 14.2 Å². The number of hydrogen-bond donors (Lipinski definition) is 0. The van der Waals surface area contributed by atoms with Crippen molar-refractivity contribution in [3.8, 4) is 11.5 Å². The van der Waals surface area contributed by atoms with Gasteiger partial charge in [-0.05, 0) is 19.1 Å². The first-order valence-electron chi connectivity index (χ1n) is 5.70. The molecule has 0 spiro atoms. The quantitative estimate of drug-likeness (QED) is 0.759. The number of ether oxygens (including phenoxy) is 3. The summed E-state index contributed by atoms with van der Waals surface area (Å²) in [5.74, 6) is 0.242. The third kappa shape index (κ3) is 2.16. The highest BCUT2D eigenvalue weighted by Crippen LogP contribution is 2.38. The van der Waals surface area contributed by atoms with Gasteiger partial charge in [-0.1, -0.05) is 6.07 Å². The number of Topliss-reactive ketones (excluding diaryl/α,β-unsaturated/α-hetero) is 1. The molecule has 0 aliphatic carbocycles. The van der Waals surface area contributed by atoms with Crippen LogP contribution in [-0.2, 0) is 9.53 Å². The van der Waals surface area contributed by atoms with E-state index < -0.39 is 12.1 Å². The molecule has 0 fully saturated rings. The van der Waals surface area contributed by atoms with Crippen LogP contribution in [0.25, 0.3) is 0 Å². The van der Waals surface area contributed by atoms with Crippen LogP contribution in [-0.4, -0.2) is 31.6 Å². The van der Waals surface area contributed by atoms with Gasteiger partial charge in [0.25, 0.3) is 0 Å². The summed E-state index contributed by atoms with van der Waals surface area (Å²) in [6.07, 6.45) is -0.889. The topological polar surface area (TPSA) is 61.8 Å². The fourth-order valence-corrected chi connectivity index (χ4v) is 1.87. The summed E-state index contributed by atoms with van der Waals surface area (Å²) in [4.78, 5) is 23.4. The molecule has 0 aromatic heterocycles. The lowest BCUT2D eigenvalue weighted by molar-refractivity contribution is -0.144. The van der Waals surface area contributed by atoms with Crippen molar-refractivity contribution in [2.24, 2.45) is 0 Å². The highest BCUT2D eigenvalue weighted by atomic mass is 16.5. The Balaban J connectivity index is 2.17. The monoisotopic (exact) mass is 250 g/mol. The van der Waals surface area contributed by atoms with E-state index in [0.29, 0.717) is 17.1 Å². The summed E-state index contributed by atoms with van der Waals surface area (Å²) >= 11 is 0. The molecule has 2 rings (SSSR count). The average molecular weight is 250 g/mol. The summed E-state index contributed by atoms with van der Waals surface area (Å²) in [7, 11) is 1.50. The van der Waals surface area contributed by atoms with E-state index in [2.05, 4.69) is 0 Å². The molecule has 0 N–H and O–H groups in total. The molecular weight excluding hydrogens is 236 g/mol. The molecule has 18 heavy (non-hydrogen) atoms. The Labute approximate surface area is 105 Å². The van der Waals surface area contributed by atoms with Crippen LogP contribution < -0.4 is 9.47 Å². The van der Waals surface area contributed by atoms with Gasteiger partial charge in [-0.15, -0.1) is 0 Å². The Hall–Kier alpha value is -2.04. The van der Waals surface area contributed by atoms with Crippen molar-refractivity contribution in [2.45, 2.75) is 19.4 Å². The predicted octanol–water partition coefficient (Wildman–Crippen LogP) is 1.59. The van der Waals surface area contributed by atoms with Gasteiger partial charge in [0, 0.05) is 0 Å². The second-order valence-corrected chi connectivity index (χ2v) is 3.82. The Kier molecular flexibility index (Phi) is 3.50. The van der Waals surface area contributed by atoms with Crippen LogP contribution in [0.4, 0.5) is 0 Å². The third-order valence-corrected chi connectivity index (χ3v) is 2.67. The molecule has 1 aromatic rings. The Morgan fingerprint density at radius 1 is 1.44 bits per heavy atom. The highest BCUT2D eigenvalue weighted by molar-refractivity contribution is 6.06. The Morgan fingerprint density at radius 3 is 2.89 bits per heavy atom. The summed E-state index contributed by atoms with van der Waals surface area (Å²) in [6.45, 7) is 2.00. The van der Waals surface area contributed by atoms with Crippen molar-refractivity contribution in [3.05, 3.63) is 23.8 Å². The lowest BCUT2D eigenvalue weighted by Gasteiger charge is -2.09. The number of carbonyl (C=O) groups excluding carboxylic acids is 2. The molecule has 1 heterocycles. The van der Waals surface area contributed by atoms with E-state index in [1.165, 1.54) is 7.11 Å². The Morgan fingerprint density at radius 2 is 2.22 bits per heavy atom. The van der Waals surface area contributed by atoms with E-state index in [0.717, 1.165) is 0 Å². The minimum atomic E-state index is -0.810. The number of carbonyl (C=O) groups is 2. The summed E-state index contributed by atoms with van der Waals surface area (Å²) < 4.78 is 15.4. The number of rotatable bonds is 4. The minimum absolute atomic E-state index is 0.0789. The van der Waals surface area contributed by atoms with Crippen LogP contribution in [0.1, 0.15) is 23.7 Å². The van der Waals surface area contributed by atoms with E-state index >= 15 is 0 Å². The van der Waals surface area contributed by atoms with E-state index in [1.54, 1.807) is 25.1 Å². The lowest BCUT2D eigenvalue weighted by atomic mass is 10.1. The number of benzene rings is 1. The van der Waals surface area contributed by atoms with Crippen LogP contribution in [0.15, 0.2) is 18.2 Å². The predicted molar refractivity (Wildman–Crippen MR) is 63.0 cm³/mol. The van der Waals surface area contributed by atoms with Crippen LogP contribution in [0.5, 0.6) is 11.5 Å². The maximum absolute atomic E-state index is 12.0. The highest BCUT2D eigenvalue weighted by Gasteiger charge is 2.36. The van der Waals surface area contributed by atoms with Crippen LogP contribution in [0, 0.1) is 0 Å². The zero-order valence-electron chi connectivity index (χ0n) is 10.3. The molecule has 0 bridgehead atoms. The molecule has 5 nitrogen and oxygen atoms in total. The van der Waals surface area contributed by atoms with Crippen molar-refractivity contribution in [1.82, 2.24) is 0 Å². The molecule has 1 atom stereocenters. The molecule has 5 heteroatoms. The van der Waals surface area contributed by atoms with Crippen molar-refractivity contribution in [3.63, 3.8) is 0 Å². The second kappa shape index (κ2) is 5.08. The molecule has 1 aliphatic heterocycles. The largest absolute Gasteiger partial charge is 0.493 e.